The molecular formula is C15H33N. The SMILES string of the molecule is CCC(CC(C)(C)C)CC(C)(C)CN(C)C. The molecule has 0 aromatic rings. The predicted molar refractivity (Wildman–Crippen MR) is 74.8 cm³/mol. The molecule has 0 aliphatic rings. The Kier molecular flexibility index (Phi) is 6.03. The zero-order chi connectivity index (χ0) is 13.0. The minimum absolute atomic E-state index is 0.440. The Hall–Kier alpha value is -0.0400. The fourth-order valence-electron chi connectivity index (χ4n) is 2.93. The van der Waals surface area contributed by atoms with Crippen molar-refractivity contribution in [1.29, 1.82) is 0 Å². The van der Waals surface area contributed by atoms with Crippen LogP contribution in [0, 0.1) is 16.7 Å². The predicted octanol–water partition coefficient (Wildman–Crippen LogP) is 4.43. The number of nitrogens with zero attached hydrogens (tertiary/aromatic N) is 1. The second-order valence-corrected chi connectivity index (χ2v) is 7.65. The molecule has 1 heteroatoms. The molecule has 16 heavy (non-hydrogen) atoms. The molecule has 1 unspecified atom stereocenters. The van der Waals surface area contributed by atoms with Crippen molar-refractivity contribution >= 4 is 0 Å². The Balaban J connectivity index is 4.30. The molecule has 0 radical (unpaired) electrons. The van der Waals surface area contributed by atoms with Crippen molar-refractivity contribution < 1.29 is 0 Å². The molecule has 1 atom stereocenters. The zero-order valence-electron chi connectivity index (χ0n) is 12.9. The molecular weight excluding hydrogens is 194 g/mol. The molecule has 0 N–H and O–H groups in total. The Morgan fingerprint density at radius 2 is 1.44 bits per heavy atom. The average molecular weight is 227 g/mol. The molecule has 0 aliphatic heterocycles. The van der Waals surface area contributed by atoms with Crippen LogP contribution in [-0.2, 0) is 0 Å². The van der Waals surface area contributed by atoms with Gasteiger partial charge in [-0.15, -0.1) is 0 Å². The van der Waals surface area contributed by atoms with Gasteiger partial charge < -0.3 is 4.90 Å². The Morgan fingerprint density at radius 3 is 1.75 bits per heavy atom. The van der Waals surface area contributed by atoms with Crippen LogP contribution >= 0.6 is 0 Å². The quantitative estimate of drug-likeness (QED) is 0.649. The average Bonchev–Trinajstić information content (AvgIpc) is 1.96. The summed E-state index contributed by atoms with van der Waals surface area (Å²) in [6.45, 7) is 15.4. The van der Waals surface area contributed by atoms with Crippen LogP contribution in [0.5, 0.6) is 0 Å². The summed E-state index contributed by atoms with van der Waals surface area (Å²) in [4.78, 5) is 2.31. The minimum Gasteiger partial charge on any atom is -0.309 e. The van der Waals surface area contributed by atoms with E-state index in [-0.39, 0.29) is 0 Å². The van der Waals surface area contributed by atoms with Gasteiger partial charge in [0.15, 0.2) is 0 Å². The van der Waals surface area contributed by atoms with Crippen molar-refractivity contribution in [3.05, 3.63) is 0 Å². The van der Waals surface area contributed by atoms with Crippen LogP contribution in [0.1, 0.15) is 60.8 Å². The minimum atomic E-state index is 0.440. The van der Waals surface area contributed by atoms with E-state index in [0.717, 1.165) is 5.92 Å². The van der Waals surface area contributed by atoms with E-state index in [0.29, 0.717) is 10.8 Å². The summed E-state index contributed by atoms with van der Waals surface area (Å²) in [5.74, 6) is 0.870. The molecule has 1 nitrogen and oxygen atoms in total. The highest BCUT2D eigenvalue weighted by atomic mass is 15.1. The lowest BCUT2D eigenvalue weighted by Gasteiger charge is -2.34. The van der Waals surface area contributed by atoms with E-state index in [2.05, 4.69) is 60.5 Å². The number of hydrogen-bond donors (Lipinski definition) is 0. The third-order valence-corrected chi connectivity index (χ3v) is 3.06. The van der Waals surface area contributed by atoms with Gasteiger partial charge in [0.05, 0.1) is 0 Å². The molecule has 0 saturated carbocycles. The zero-order valence-corrected chi connectivity index (χ0v) is 12.9. The molecule has 0 amide bonds. The van der Waals surface area contributed by atoms with Crippen molar-refractivity contribution in [2.45, 2.75) is 60.8 Å². The molecule has 0 rings (SSSR count). The van der Waals surface area contributed by atoms with Gasteiger partial charge in [-0.1, -0.05) is 48.0 Å². The molecule has 0 heterocycles. The Bertz CT molecular complexity index is 186. The summed E-state index contributed by atoms with van der Waals surface area (Å²) in [6, 6.07) is 0. The smallest absolute Gasteiger partial charge is 0.00267 e. The van der Waals surface area contributed by atoms with E-state index in [4.69, 9.17) is 0 Å². The van der Waals surface area contributed by atoms with Crippen molar-refractivity contribution in [2.75, 3.05) is 20.6 Å². The molecule has 0 saturated heterocycles. The van der Waals surface area contributed by atoms with E-state index in [1.807, 2.05) is 0 Å². The van der Waals surface area contributed by atoms with E-state index in [9.17, 15) is 0 Å². The summed E-state index contributed by atoms with van der Waals surface area (Å²) < 4.78 is 0. The molecule has 0 spiro atoms. The van der Waals surface area contributed by atoms with E-state index >= 15 is 0 Å². The van der Waals surface area contributed by atoms with Gasteiger partial charge in [0.2, 0.25) is 0 Å². The Labute approximate surface area is 104 Å². The van der Waals surface area contributed by atoms with Crippen LogP contribution in [0.15, 0.2) is 0 Å². The highest BCUT2D eigenvalue weighted by Crippen LogP contribution is 2.35. The molecule has 0 bridgehead atoms. The highest BCUT2D eigenvalue weighted by molar-refractivity contribution is 4.78. The first-order valence-corrected chi connectivity index (χ1v) is 6.70. The van der Waals surface area contributed by atoms with Gasteiger partial charge in [-0.2, -0.15) is 0 Å². The van der Waals surface area contributed by atoms with Gasteiger partial charge in [0.25, 0.3) is 0 Å². The fourth-order valence-corrected chi connectivity index (χ4v) is 2.93. The standard InChI is InChI=1S/C15H33N/c1-9-13(10-14(2,3)4)11-15(5,6)12-16(7)8/h13H,9-12H2,1-8H3. The maximum absolute atomic E-state index is 2.40. The van der Waals surface area contributed by atoms with Gasteiger partial charge in [-0.05, 0) is 43.7 Å². The largest absolute Gasteiger partial charge is 0.309 e. The van der Waals surface area contributed by atoms with Gasteiger partial charge in [-0.25, -0.2) is 0 Å². The van der Waals surface area contributed by atoms with Crippen LogP contribution < -0.4 is 0 Å². The lowest BCUT2D eigenvalue weighted by Crippen LogP contribution is -2.31. The number of rotatable bonds is 6. The van der Waals surface area contributed by atoms with Crippen LogP contribution in [-0.4, -0.2) is 25.5 Å². The summed E-state index contributed by atoms with van der Waals surface area (Å²) in [5.41, 5.74) is 0.907. The summed E-state index contributed by atoms with van der Waals surface area (Å²) >= 11 is 0. The van der Waals surface area contributed by atoms with E-state index in [1.165, 1.54) is 25.8 Å². The maximum Gasteiger partial charge on any atom is 0.00267 e. The first-order chi connectivity index (χ1) is 7.06. The first-order valence-electron chi connectivity index (χ1n) is 6.70. The molecule has 0 fully saturated rings. The Morgan fingerprint density at radius 1 is 0.938 bits per heavy atom. The summed E-state index contributed by atoms with van der Waals surface area (Å²) in [5, 5.41) is 0. The fraction of sp³-hybridized carbons (Fsp3) is 1.00. The maximum atomic E-state index is 2.40. The normalized spacial score (nSPS) is 15.6. The van der Waals surface area contributed by atoms with Gasteiger partial charge in [-0.3, -0.25) is 0 Å². The molecule has 98 valence electrons. The van der Waals surface area contributed by atoms with Crippen molar-refractivity contribution in [1.82, 2.24) is 4.90 Å². The van der Waals surface area contributed by atoms with Crippen molar-refractivity contribution in [3.63, 3.8) is 0 Å². The van der Waals surface area contributed by atoms with Gasteiger partial charge >= 0.3 is 0 Å². The van der Waals surface area contributed by atoms with Crippen molar-refractivity contribution in [2.24, 2.45) is 16.7 Å². The number of hydrogen-bond acceptors (Lipinski definition) is 1. The summed E-state index contributed by atoms with van der Waals surface area (Å²) in [6.07, 6.45) is 4.01. The monoisotopic (exact) mass is 227 g/mol. The lowest BCUT2D eigenvalue weighted by molar-refractivity contribution is 0.163. The van der Waals surface area contributed by atoms with Gasteiger partial charge in [0.1, 0.15) is 0 Å². The molecule has 0 aromatic carbocycles. The second kappa shape index (κ2) is 6.05. The van der Waals surface area contributed by atoms with Gasteiger partial charge in [0, 0.05) is 6.54 Å². The highest BCUT2D eigenvalue weighted by Gasteiger charge is 2.26. The molecule has 0 aromatic heterocycles. The van der Waals surface area contributed by atoms with Crippen LogP contribution in [0.3, 0.4) is 0 Å². The second-order valence-electron chi connectivity index (χ2n) is 7.65. The van der Waals surface area contributed by atoms with Crippen LogP contribution in [0.2, 0.25) is 0 Å². The molecule has 0 aliphatic carbocycles. The van der Waals surface area contributed by atoms with Crippen molar-refractivity contribution in [3.8, 4) is 0 Å². The first kappa shape index (κ1) is 16.0. The lowest BCUT2D eigenvalue weighted by atomic mass is 9.75. The third kappa shape index (κ3) is 8.15. The van der Waals surface area contributed by atoms with E-state index in [1.54, 1.807) is 0 Å². The third-order valence-electron chi connectivity index (χ3n) is 3.06. The van der Waals surface area contributed by atoms with Crippen LogP contribution in [0.25, 0.3) is 0 Å². The summed E-state index contributed by atoms with van der Waals surface area (Å²) in [7, 11) is 4.35. The van der Waals surface area contributed by atoms with E-state index < -0.39 is 0 Å². The topological polar surface area (TPSA) is 3.24 Å². The van der Waals surface area contributed by atoms with Crippen LogP contribution in [0.4, 0.5) is 0 Å².